The second kappa shape index (κ2) is 6.03. The molecule has 94 valence electrons. The summed E-state index contributed by atoms with van der Waals surface area (Å²) in [6.45, 7) is 3.26. The normalized spacial score (nSPS) is 20.2. The maximum absolute atomic E-state index is 3.61. The quantitative estimate of drug-likeness (QED) is 0.827. The maximum atomic E-state index is 3.61. The molecule has 1 aliphatic rings. The van der Waals surface area contributed by atoms with Gasteiger partial charge in [0.25, 0.3) is 0 Å². The summed E-state index contributed by atoms with van der Waals surface area (Å²) in [5, 5.41) is 7.04. The van der Waals surface area contributed by atoms with E-state index in [1.165, 1.54) is 30.6 Å². The van der Waals surface area contributed by atoms with E-state index in [0.717, 1.165) is 13.1 Å². The molecular formula is C14H23N3. The van der Waals surface area contributed by atoms with E-state index in [4.69, 9.17) is 0 Å². The second-order valence-electron chi connectivity index (χ2n) is 4.99. The predicted octanol–water partition coefficient (Wildman–Crippen LogP) is 1.59. The summed E-state index contributed by atoms with van der Waals surface area (Å²) < 4.78 is 0. The first-order chi connectivity index (χ1) is 8.25. The Hall–Kier alpha value is -1.06. The fraction of sp³-hybridized carbons (Fsp3) is 0.571. The molecule has 2 N–H and O–H groups in total. The number of nitrogens with one attached hydrogen (secondary N) is 2. The number of rotatable bonds is 4. The van der Waals surface area contributed by atoms with Crippen LogP contribution in [0.5, 0.6) is 0 Å². The van der Waals surface area contributed by atoms with Gasteiger partial charge in [0.05, 0.1) is 0 Å². The van der Waals surface area contributed by atoms with Crippen LogP contribution < -0.4 is 15.5 Å². The SMILES string of the molecule is CN(C)c1ccc(CNC2CCCNC2)cc1. The molecule has 1 aromatic rings. The number of benzene rings is 1. The van der Waals surface area contributed by atoms with Gasteiger partial charge in [-0.15, -0.1) is 0 Å². The van der Waals surface area contributed by atoms with Gasteiger partial charge >= 0.3 is 0 Å². The van der Waals surface area contributed by atoms with Gasteiger partial charge in [0.15, 0.2) is 0 Å². The molecule has 0 aliphatic carbocycles. The van der Waals surface area contributed by atoms with Crippen molar-refractivity contribution in [3.63, 3.8) is 0 Å². The van der Waals surface area contributed by atoms with Gasteiger partial charge in [-0.05, 0) is 37.1 Å². The first-order valence-corrected chi connectivity index (χ1v) is 6.46. The molecule has 0 radical (unpaired) electrons. The Labute approximate surface area is 104 Å². The molecule has 0 amide bonds. The molecule has 17 heavy (non-hydrogen) atoms. The molecule has 1 aromatic carbocycles. The molecule has 2 rings (SSSR count). The van der Waals surface area contributed by atoms with E-state index in [-0.39, 0.29) is 0 Å². The third-order valence-corrected chi connectivity index (χ3v) is 3.34. The molecule has 0 bridgehead atoms. The molecule has 0 spiro atoms. The summed E-state index contributed by atoms with van der Waals surface area (Å²) in [4.78, 5) is 2.13. The monoisotopic (exact) mass is 233 g/mol. The van der Waals surface area contributed by atoms with Crippen LogP contribution in [0.3, 0.4) is 0 Å². The number of nitrogens with zero attached hydrogens (tertiary/aromatic N) is 1. The number of hydrogen-bond donors (Lipinski definition) is 2. The topological polar surface area (TPSA) is 27.3 Å². The van der Waals surface area contributed by atoms with E-state index in [1.54, 1.807) is 0 Å². The molecule has 1 heterocycles. The molecular weight excluding hydrogens is 210 g/mol. The van der Waals surface area contributed by atoms with Crippen molar-refractivity contribution in [2.24, 2.45) is 0 Å². The Morgan fingerprint density at radius 1 is 1.29 bits per heavy atom. The molecule has 0 aromatic heterocycles. The number of anilines is 1. The van der Waals surface area contributed by atoms with Crippen LogP contribution in [0.2, 0.25) is 0 Å². The maximum Gasteiger partial charge on any atom is 0.0361 e. The number of hydrogen-bond acceptors (Lipinski definition) is 3. The lowest BCUT2D eigenvalue weighted by Crippen LogP contribution is -2.42. The number of piperidine rings is 1. The minimum Gasteiger partial charge on any atom is -0.378 e. The first-order valence-electron chi connectivity index (χ1n) is 6.46. The van der Waals surface area contributed by atoms with Crippen LogP contribution in [0.4, 0.5) is 5.69 Å². The van der Waals surface area contributed by atoms with Gasteiger partial charge < -0.3 is 15.5 Å². The van der Waals surface area contributed by atoms with Gasteiger partial charge in [0, 0.05) is 38.9 Å². The largest absolute Gasteiger partial charge is 0.378 e. The van der Waals surface area contributed by atoms with Crippen LogP contribution >= 0.6 is 0 Å². The summed E-state index contributed by atoms with van der Waals surface area (Å²) in [7, 11) is 4.14. The van der Waals surface area contributed by atoms with Crippen LogP contribution in [0.15, 0.2) is 24.3 Å². The van der Waals surface area contributed by atoms with Crippen molar-refractivity contribution in [2.45, 2.75) is 25.4 Å². The molecule has 3 heteroatoms. The average molecular weight is 233 g/mol. The van der Waals surface area contributed by atoms with Crippen molar-refractivity contribution in [1.29, 1.82) is 0 Å². The van der Waals surface area contributed by atoms with E-state index in [2.05, 4.69) is 53.9 Å². The van der Waals surface area contributed by atoms with Crippen LogP contribution in [0.25, 0.3) is 0 Å². The average Bonchev–Trinajstić information content (AvgIpc) is 2.38. The highest BCUT2D eigenvalue weighted by atomic mass is 15.1. The predicted molar refractivity (Wildman–Crippen MR) is 73.5 cm³/mol. The Bertz CT molecular complexity index is 326. The molecule has 3 nitrogen and oxygen atoms in total. The zero-order valence-corrected chi connectivity index (χ0v) is 10.9. The van der Waals surface area contributed by atoms with Crippen molar-refractivity contribution >= 4 is 5.69 Å². The second-order valence-corrected chi connectivity index (χ2v) is 4.99. The molecule has 1 fully saturated rings. The van der Waals surface area contributed by atoms with E-state index in [9.17, 15) is 0 Å². The molecule has 1 saturated heterocycles. The van der Waals surface area contributed by atoms with Gasteiger partial charge in [0.2, 0.25) is 0 Å². The fourth-order valence-corrected chi connectivity index (χ4v) is 2.20. The van der Waals surface area contributed by atoms with E-state index in [0.29, 0.717) is 6.04 Å². The van der Waals surface area contributed by atoms with Gasteiger partial charge in [-0.25, -0.2) is 0 Å². The standard InChI is InChI=1S/C14H23N3/c1-17(2)14-7-5-12(6-8-14)10-16-13-4-3-9-15-11-13/h5-8,13,15-16H,3-4,9-11H2,1-2H3. The highest BCUT2D eigenvalue weighted by molar-refractivity contribution is 5.45. The third-order valence-electron chi connectivity index (χ3n) is 3.34. The molecule has 1 aliphatic heterocycles. The van der Waals surface area contributed by atoms with E-state index >= 15 is 0 Å². The summed E-state index contributed by atoms with van der Waals surface area (Å²) in [6, 6.07) is 9.40. The van der Waals surface area contributed by atoms with Gasteiger partial charge in [-0.3, -0.25) is 0 Å². The van der Waals surface area contributed by atoms with Crippen molar-refractivity contribution < 1.29 is 0 Å². The van der Waals surface area contributed by atoms with E-state index in [1.807, 2.05) is 0 Å². The van der Waals surface area contributed by atoms with Crippen molar-refractivity contribution in [1.82, 2.24) is 10.6 Å². The third kappa shape index (κ3) is 3.72. The highest BCUT2D eigenvalue weighted by Crippen LogP contribution is 2.12. The van der Waals surface area contributed by atoms with Crippen molar-refractivity contribution in [2.75, 3.05) is 32.1 Å². The lowest BCUT2D eigenvalue weighted by molar-refractivity contribution is 0.389. The Morgan fingerprint density at radius 3 is 2.65 bits per heavy atom. The van der Waals surface area contributed by atoms with Crippen LogP contribution in [0.1, 0.15) is 18.4 Å². The molecule has 1 unspecified atom stereocenters. The Kier molecular flexibility index (Phi) is 4.40. The minimum absolute atomic E-state index is 0.636. The minimum atomic E-state index is 0.636. The zero-order chi connectivity index (χ0) is 12.1. The summed E-state index contributed by atoms with van der Waals surface area (Å²) in [5.74, 6) is 0. The Balaban J connectivity index is 1.82. The fourth-order valence-electron chi connectivity index (χ4n) is 2.20. The summed E-state index contributed by atoms with van der Waals surface area (Å²) in [5.41, 5.74) is 2.62. The highest BCUT2D eigenvalue weighted by Gasteiger charge is 2.11. The lowest BCUT2D eigenvalue weighted by Gasteiger charge is -2.24. The van der Waals surface area contributed by atoms with Crippen LogP contribution in [-0.2, 0) is 6.54 Å². The van der Waals surface area contributed by atoms with Gasteiger partial charge in [0.1, 0.15) is 0 Å². The molecule has 0 saturated carbocycles. The first kappa shape index (κ1) is 12.4. The smallest absolute Gasteiger partial charge is 0.0361 e. The van der Waals surface area contributed by atoms with Crippen LogP contribution in [0, 0.1) is 0 Å². The van der Waals surface area contributed by atoms with Crippen molar-refractivity contribution in [3.05, 3.63) is 29.8 Å². The van der Waals surface area contributed by atoms with Crippen molar-refractivity contribution in [3.8, 4) is 0 Å². The molecule has 1 atom stereocenters. The van der Waals surface area contributed by atoms with Gasteiger partial charge in [-0.1, -0.05) is 12.1 Å². The van der Waals surface area contributed by atoms with Gasteiger partial charge in [-0.2, -0.15) is 0 Å². The zero-order valence-electron chi connectivity index (χ0n) is 10.9. The Morgan fingerprint density at radius 2 is 2.06 bits per heavy atom. The summed E-state index contributed by atoms with van der Waals surface area (Å²) in [6.07, 6.45) is 2.58. The lowest BCUT2D eigenvalue weighted by atomic mass is 10.1. The van der Waals surface area contributed by atoms with Crippen LogP contribution in [-0.4, -0.2) is 33.2 Å². The van der Waals surface area contributed by atoms with E-state index < -0.39 is 0 Å². The summed E-state index contributed by atoms with van der Waals surface area (Å²) >= 11 is 0.